The molecule has 1 amide bonds. The first-order valence-electron chi connectivity index (χ1n) is 7.48. The largest absolute Gasteiger partial charge is 0.351 e. The number of rotatable bonds is 3. The molecule has 4 nitrogen and oxygen atoms in total. The topological polar surface area (TPSA) is 63.2 Å². The molecule has 1 aliphatic heterocycles. The molecule has 3 atom stereocenters. The first-order chi connectivity index (χ1) is 10.2. The number of halogens is 1. The molecule has 6 heteroatoms. The minimum Gasteiger partial charge on any atom is -0.351 e. The van der Waals surface area contributed by atoms with Crippen LogP contribution >= 0.6 is 0 Å². The Hall–Kier alpha value is -1.43. The highest BCUT2D eigenvalue weighted by atomic mass is 32.2. The number of hydrogen-bond acceptors (Lipinski definition) is 3. The average molecular weight is 325 g/mol. The van der Waals surface area contributed by atoms with Crippen molar-refractivity contribution in [1.82, 2.24) is 5.32 Å². The van der Waals surface area contributed by atoms with E-state index in [1.807, 2.05) is 13.0 Å². The van der Waals surface area contributed by atoms with Crippen molar-refractivity contribution >= 4 is 15.7 Å². The molecule has 0 aromatic heterocycles. The van der Waals surface area contributed by atoms with E-state index in [1.165, 1.54) is 19.1 Å². The number of nitrogens with one attached hydrogen (secondary N) is 1. The molecule has 1 aliphatic carbocycles. The summed E-state index contributed by atoms with van der Waals surface area (Å²) in [5.74, 6) is -0.654. The van der Waals surface area contributed by atoms with Crippen LogP contribution in [0.3, 0.4) is 0 Å². The van der Waals surface area contributed by atoms with Gasteiger partial charge in [-0.1, -0.05) is 19.1 Å². The van der Waals surface area contributed by atoms with Crippen LogP contribution in [0.5, 0.6) is 0 Å². The summed E-state index contributed by atoms with van der Waals surface area (Å²) in [6.45, 7) is 3.46. The SMILES string of the molecule is CC1(c2cccc(F)c2)CC1NC(=O)C1(C)CCCS1(=O)=O. The fraction of sp³-hybridized carbons (Fsp3) is 0.562. The van der Waals surface area contributed by atoms with Gasteiger partial charge in [-0.2, -0.15) is 0 Å². The second-order valence-electron chi connectivity index (χ2n) is 6.81. The van der Waals surface area contributed by atoms with E-state index in [0.29, 0.717) is 19.3 Å². The van der Waals surface area contributed by atoms with Gasteiger partial charge in [0.2, 0.25) is 5.91 Å². The fourth-order valence-corrected chi connectivity index (χ4v) is 5.06. The maximum Gasteiger partial charge on any atom is 0.241 e. The van der Waals surface area contributed by atoms with Crippen molar-refractivity contribution in [2.75, 3.05) is 5.75 Å². The Morgan fingerprint density at radius 2 is 2.09 bits per heavy atom. The van der Waals surface area contributed by atoms with Crippen molar-refractivity contribution in [3.8, 4) is 0 Å². The molecule has 1 aromatic rings. The van der Waals surface area contributed by atoms with Crippen LogP contribution in [-0.4, -0.2) is 30.9 Å². The van der Waals surface area contributed by atoms with Gasteiger partial charge in [-0.05, 0) is 43.9 Å². The lowest BCUT2D eigenvalue weighted by molar-refractivity contribution is -0.123. The standard InChI is InChI=1S/C16H20FNO3S/c1-15(11-5-3-6-12(17)9-11)10-13(15)18-14(19)16(2)7-4-8-22(16,20)21/h3,5-6,9,13H,4,7-8,10H2,1-2H3,(H,18,19). The maximum absolute atomic E-state index is 13.4. The first kappa shape index (κ1) is 15.5. The summed E-state index contributed by atoms with van der Waals surface area (Å²) in [7, 11) is -3.38. The van der Waals surface area contributed by atoms with Gasteiger partial charge < -0.3 is 5.32 Å². The van der Waals surface area contributed by atoms with Crippen LogP contribution in [-0.2, 0) is 20.0 Å². The van der Waals surface area contributed by atoms with Crippen LogP contribution in [0.4, 0.5) is 4.39 Å². The van der Waals surface area contributed by atoms with Gasteiger partial charge in [0.1, 0.15) is 10.6 Å². The van der Waals surface area contributed by atoms with E-state index in [1.54, 1.807) is 6.07 Å². The van der Waals surface area contributed by atoms with Crippen LogP contribution in [0.15, 0.2) is 24.3 Å². The quantitative estimate of drug-likeness (QED) is 0.924. The summed E-state index contributed by atoms with van der Waals surface area (Å²) < 4.78 is 36.2. The lowest BCUT2D eigenvalue weighted by Gasteiger charge is -2.23. The van der Waals surface area contributed by atoms with E-state index in [2.05, 4.69) is 5.32 Å². The van der Waals surface area contributed by atoms with E-state index in [0.717, 1.165) is 5.56 Å². The Morgan fingerprint density at radius 1 is 1.36 bits per heavy atom. The highest BCUT2D eigenvalue weighted by Gasteiger charge is 2.56. The Labute approximate surface area is 130 Å². The van der Waals surface area contributed by atoms with E-state index in [4.69, 9.17) is 0 Å². The summed E-state index contributed by atoms with van der Waals surface area (Å²) in [6.07, 6.45) is 1.58. The lowest BCUT2D eigenvalue weighted by Crippen LogP contribution is -2.49. The predicted molar refractivity (Wildman–Crippen MR) is 81.7 cm³/mol. The minimum absolute atomic E-state index is 0.0722. The molecule has 1 saturated carbocycles. The van der Waals surface area contributed by atoms with Gasteiger partial charge in [0, 0.05) is 11.5 Å². The van der Waals surface area contributed by atoms with Gasteiger partial charge >= 0.3 is 0 Å². The van der Waals surface area contributed by atoms with Crippen molar-refractivity contribution in [2.45, 2.75) is 49.3 Å². The van der Waals surface area contributed by atoms with Gasteiger partial charge in [0.25, 0.3) is 0 Å². The number of amides is 1. The van der Waals surface area contributed by atoms with Crippen LogP contribution in [0.25, 0.3) is 0 Å². The first-order valence-corrected chi connectivity index (χ1v) is 9.14. The molecule has 0 bridgehead atoms. The summed E-state index contributed by atoms with van der Waals surface area (Å²) in [6, 6.07) is 6.20. The number of carbonyl (C=O) groups is 1. The molecule has 22 heavy (non-hydrogen) atoms. The summed E-state index contributed by atoms with van der Waals surface area (Å²) in [4.78, 5) is 12.5. The number of hydrogen-bond donors (Lipinski definition) is 1. The molecule has 1 N–H and O–H groups in total. The molecule has 120 valence electrons. The molecule has 3 unspecified atom stereocenters. The van der Waals surface area contributed by atoms with Crippen molar-refractivity contribution in [1.29, 1.82) is 0 Å². The van der Waals surface area contributed by atoms with E-state index < -0.39 is 20.5 Å². The Morgan fingerprint density at radius 3 is 2.68 bits per heavy atom. The second-order valence-corrected chi connectivity index (χ2v) is 9.35. The zero-order chi connectivity index (χ0) is 16.2. The third kappa shape index (κ3) is 2.24. The third-order valence-electron chi connectivity index (χ3n) is 5.26. The summed E-state index contributed by atoms with van der Waals surface area (Å²) >= 11 is 0. The third-order valence-corrected chi connectivity index (χ3v) is 7.85. The van der Waals surface area contributed by atoms with Gasteiger partial charge in [-0.3, -0.25) is 4.79 Å². The minimum atomic E-state index is -3.38. The highest BCUT2D eigenvalue weighted by Crippen LogP contribution is 2.48. The molecule has 1 heterocycles. The zero-order valence-electron chi connectivity index (χ0n) is 12.7. The molecule has 0 spiro atoms. The van der Waals surface area contributed by atoms with Crippen molar-refractivity contribution < 1.29 is 17.6 Å². The summed E-state index contributed by atoms with van der Waals surface area (Å²) in [5.41, 5.74) is 0.508. The van der Waals surface area contributed by atoms with Crippen molar-refractivity contribution in [3.05, 3.63) is 35.6 Å². The van der Waals surface area contributed by atoms with Gasteiger partial charge in [0.05, 0.1) is 5.75 Å². The number of benzene rings is 1. The Kier molecular flexibility index (Phi) is 3.36. The predicted octanol–water partition coefficient (Wildman–Crippen LogP) is 1.94. The fourth-order valence-electron chi connectivity index (χ4n) is 3.28. The highest BCUT2D eigenvalue weighted by molar-refractivity contribution is 7.93. The monoisotopic (exact) mass is 325 g/mol. The molecular formula is C16H20FNO3S. The number of sulfone groups is 1. The van der Waals surface area contributed by atoms with Gasteiger partial charge in [-0.15, -0.1) is 0 Å². The normalized spacial score (nSPS) is 36.0. The van der Waals surface area contributed by atoms with Crippen LogP contribution in [0, 0.1) is 5.82 Å². The van der Waals surface area contributed by atoms with Crippen molar-refractivity contribution in [3.63, 3.8) is 0 Å². The molecule has 2 aliphatic rings. The zero-order valence-corrected chi connectivity index (χ0v) is 13.5. The average Bonchev–Trinajstić information content (AvgIpc) is 3.00. The molecule has 0 radical (unpaired) electrons. The Balaban J connectivity index is 1.75. The smallest absolute Gasteiger partial charge is 0.241 e. The van der Waals surface area contributed by atoms with Crippen LogP contribution in [0.1, 0.15) is 38.7 Å². The summed E-state index contributed by atoms with van der Waals surface area (Å²) in [5, 5.41) is 2.86. The molecule has 1 saturated heterocycles. The van der Waals surface area contributed by atoms with Crippen LogP contribution in [0.2, 0.25) is 0 Å². The van der Waals surface area contributed by atoms with Gasteiger partial charge in [-0.25, -0.2) is 12.8 Å². The van der Waals surface area contributed by atoms with Crippen molar-refractivity contribution in [2.24, 2.45) is 0 Å². The van der Waals surface area contributed by atoms with E-state index in [9.17, 15) is 17.6 Å². The Bertz CT molecular complexity index is 733. The molecule has 2 fully saturated rings. The number of carbonyl (C=O) groups excluding carboxylic acids is 1. The van der Waals surface area contributed by atoms with E-state index in [-0.39, 0.29) is 23.0 Å². The van der Waals surface area contributed by atoms with Gasteiger partial charge in [0.15, 0.2) is 9.84 Å². The molecular weight excluding hydrogens is 305 g/mol. The molecule has 3 rings (SSSR count). The van der Waals surface area contributed by atoms with E-state index >= 15 is 0 Å². The second kappa shape index (κ2) is 4.78. The lowest BCUT2D eigenvalue weighted by atomic mass is 9.97. The maximum atomic E-state index is 13.4. The molecule has 1 aromatic carbocycles. The van der Waals surface area contributed by atoms with Crippen LogP contribution < -0.4 is 5.32 Å².